The van der Waals surface area contributed by atoms with Crippen LogP contribution in [0.1, 0.15) is 27.6 Å². The van der Waals surface area contributed by atoms with Gasteiger partial charge in [-0.2, -0.15) is 0 Å². The molecule has 20 heavy (non-hydrogen) atoms. The van der Waals surface area contributed by atoms with Crippen LogP contribution in [0, 0.1) is 10.1 Å². The zero-order valence-corrected chi connectivity index (χ0v) is 13.8. The number of carboxylic acids is 1. The average Bonchev–Trinajstić information content (AvgIpc) is 2.60. The number of nitro benzene ring substituents is 1. The van der Waals surface area contributed by atoms with Crippen LogP contribution >= 0.6 is 0 Å². The van der Waals surface area contributed by atoms with Crippen LogP contribution in [-0.2, 0) is 4.79 Å². The second kappa shape index (κ2) is 6.10. The van der Waals surface area contributed by atoms with Gasteiger partial charge in [0.25, 0.3) is 17.5 Å². The molecular weight excluding hydrogens is 295 g/mol. The normalized spacial score (nSPS) is 14.6. The molecule has 0 N–H and O–H groups in total. The van der Waals surface area contributed by atoms with E-state index in [1.54, 1.807) is 0 Å². The number of carbonyl (C=O) groups excluding carboxylic acids is 3. The molecule has 0 bridgehead atoms. The molecule has 1 atom stereocenters. The second-order valence-electron chi connectivity index (χ2n) is 3.96. The topological polar surface area (TPSA) is 121 Å². The number of imide groups is 1. The van der Waals surface area contributed by atoms with E-state index >= 15 is 0 Å². The van der Waals surface area contributed by atoms with Crippen LogP contribution in [0.4, 0.5) is 5.69 Å². The molecule has 1 aliphatic rings. The summed E-state index contributed by atoms with van der Waals surface area (Å²) < 4.78 is 0. The predicted octanol–water partition coefficient (Wildman–Crippen LogP) is -3.67. The molecule has 1 aliphatic heterocycles. The van der Waals surface area contributed by atoms with Crippen molar-refractivity contribution >= 4 is 23.5 Å². The molecule has 0 aliphatic carbocycles. The monoisotopic (exact) mass is 302 g/mol. The van der Waals surface area contributed by atoms with Crippen molar-refractivity contribution < 1.29 is 75.8 Å². The fourth-order valence-corrected chi connectivity index (χ4v) is 1.82. The molecular formula is C11H7KN2O6. The number of non-ortho nitro benzene ring substituents is 1. The molecule has 0 saturated carbocycles. The molecule has 0 spiro atoms. The number of carboxylic acid groups (broad SMARTS) is 1. The maximum absolute atomic E-state index is 11.9. The van der Waals surface area contributed by atoms with Crippen molar-refractivity contribution in [2.45, 2.75) is 13.0 Å². The van der Waals surface area contributed by atoms with E-state index in [4.69, 9.17) is 0 Å². The number of rotatable bonds is 3. The van der Waals surface area contributed by atoms with E-state index in [1.807, 2.05) is 0 Å². The quantitative estimate of drug-likeness (QED) is 0.245. The van der Waals surface area contributed by atoms with Crippen LogP contribution in [-0.4, -0.2) is 33.6 Å². The Hall–Kier alpha value is -1.13. The Balaban J connectivity index is 0.00000200. The summed E-state index contributed by atoms with van der Waals surface area (Å²) in [7, 11) is 0. The fourth-order valence-electron chi connectivity index (χ4n) is 1.82. The van der Waals surface area contributed by atoms with Gasteiger partial charge in [0.15, 0.2) is 0 Å². The first-order chi connectivity index (χ1) is 8.84. The summed E-state index contributed by atoms with van der Waals surface area (Å²) in [5.74, 6) is -3.25. The van der Waals surface area contributed by atoms with Gasteiger partial charge >= 0.3 is 51.4 Å². The number of fused-ring (bicyclic) bond motifs is 1. The first-order valence-electron chi connectivity index (χ1n) is 5.21. The van der Waals surface area contributed by atoms with Crippen molar-refractivity contribution in [1.82, 2.24) is 4.90 Å². The van der Waals surface area contributed by atoms with E-state index in [-0.39, 0.29) is 68.2 Å². The second-order valence-corrected chi connectivity index (χ2v) is 3.96. The molecule has 2 amide bonds. The number of aliphatic carboxylic acids is 1. The zero-order chi connectivity index (χ0) is 14.3. The molecule has 1 aromatic carbocycles. The summed E-state index contributed by atoms with van der Waals surface area (Å²) >= 11 is 0. The maximum Gasteiger partial charge on any atom is 1.00 e. The number of amides is 2. The summed E-state index contributed by atoms with van der Waals surface area (Å²) in [5, 5.41) is 21.3. The minimum atomic E-state index is -1.58. The molecule has 8 nitrogen and oxygen atoms in total. The van der Waals surface area contributed by atoms with Gasteiger partial charge in [0, 0.05) is 12.1 Å². The van der Waals surface area contributed by atoms with Crippen LogP contribution in [0.25, 0.3) is 0 Å². The molecule has 0 radical (unpaired) electrons. The van der Waals surface area contributed by atoms with Gasteiger partial charge in [-0.15, -0.1) is 0 Å². The van der Waals surface area contributed by atoms with Gasteiger partial charge in [0.1, 0.15) is 0 Å². The third-order valence-electron chi connectivity index (χ3n) is 2.84. The summed E-state index contributed by atoms with van der Waals surface area (Å²) in [6.07, 6.45) is 0. The number of carbonyl (C=O) groups is 3. The van der Waals surface area contributed by atoms with E-state index in [0.717, 1.165) is 25.1 Å². The Bertz CT molecular complexity index is 629. The zero-order valence-electron chi connectivity index (χ0n) is 10.7. The Labute approximate surface area is 155 Å². The van der Waals surface area contributed by atoms with Crippen molar-refractivity contribution in [3.63, 3.8) is 0 Å². The molecule has 9 heteroatoms. The Morgan fingerprint density at radius 2 is 1.80 bits per heavy atom. The Morgan fingerprint density at radius 1 is 1.25 bits per heavy atom. The van der Waals surface area contributed by atoms with Gasteiger partial charge < -0.3 is 9.90 Å². The summed E-state index contributed by atoms with van der Waals surface area (Å²) in [6, 6.07) is 1.73. The number of nitrogens with zero attached hydrogens (tertiary/aromatic N) is 2. The van der Waals surface area contributed by atoms with Gasteiger partial charge in [-0.05, 0) is 13.0 Å². The van der Waals surface area contributed by atoms with Gasteiger partial charge in [-0.25, -0.2) is 0 Å². The minimum absolute atomic E-state index is 0. The first kappa shape index (κ1) is 16.9. The standard InChI is InChI=1S/C11H8N2O6.K/c1-5(11(16)17)12-9(14)7-3-2-6(13(18)19)4-8(7)10(12)15;/h2-5H,1H3,(H,16,17);/q;+1/p-1. The average molecular weight is 302 g/mol. The maximum atomic E-state index is 11.9. The van der Waals surface area contributed by atoms with Crippen molar-refractivity contribution in [2.75, 3.05) is 0 Å². The third kappa shape index (κ3) is 2.67. The van der Waals surface area contributed by atoms with Gasteiger partial charge in [0.2, 0.25) is 0 Å². The molecule has 98 valence electrons. The molecule has 0 fully saturated rings. The Kier molecular flexibility index (Phi) is 5.16. The van der Waals surface area contributed by atoms with E-state index in [2.05, 4.69) is 0 Å². The van der Waals surface area contributed by atoms with E-state index in [1.165, 1.54) is 0 Å². The third-order valence-corrected chi connectivity index (χ3v) is 2.84. The SMILES string of the molecule is CC(C(=O)[O-])N1C(=O)c2ccc([N+](=O)[O-])cc2C1=O.[K+]. The first-order valence-corrected chi connectivity index (χ1v) is 5.21. The number of benzene rings is 1. The van der Waals surface area contributed by atoms with Crippen LogP contribution < -0.4 is 56.5 Å². The molecule has 0 aromatic heterocycles. The van der Waals surface area contributed by atoms with Crippen molar-refractivity contribution in [2.24, 2.45) is 0 Å². The van der Waals surface area contributed by atoms with Crippen LogP contribution in [0.15, 0.2) is 18.2 Å². The van der Waals surface area contributed by atoms with E-state index in [0.29, 0.717) is 4.90 Å². The van der Waals surface area contributed by atoms with Crippen LogP contribution in [0.2, 0.25) is 0 Å². The number of hydrogen-bond donors (Lipinski definition) is 0. The molecule has 0 saturated heterocycles. The van der Waals surface area contributed by atoms with Gasteiger partial charge in [0.05, 0.1) is 28.1 Å². The van der Waals surface area contributed by atoms with Gasteiger partial charge in [-0.1, -0.05) is 0 Å². The predicted molar refractivity (Wildman–Crippen MR) is 58.1 cm³/mol. The van der Waals surface area contributed by atoms with Crippen molar-refractivity contribution in [1.29, 1.82) is 0 Å². The fraction of sp³-hybridized carbons (Fsp3) is 0.182. The minimum Gasteiger partial charge on any atom is -0.548 e. The number of hydrogen-bond acceptors (Lipinski definition) is 6. The summed E-state index contributed by atoms with van der Waals surface area (Å²) in [4.78, 5) is 45.0. The number of nitro groups is 1. The molecule has 1 heterocycles. The summed E-state index contributed by atoms with van der Waals surface area (Å²) in [5.41, 5.74) is -0.571. The van der Waals surface area contributed by atoms with E-state index in [9.17, 15) is 29.6 Å². The summed E-state index contributed by atoms with van der Waals surface area (Å²) in [6.45, 7) is 1.13. The Morgan fingerprint density at radius 3 is 2.30 bits per heavy atom. The van der Waals surface area contributed by atoms with Crippen molar-refractivity contribution in [3.05, 3.63) is 39.4 Å². The molecule has 1 aromatic rings. The van der Waals surface area contributed by atoms with Crippen LogP contribution in [0.5, 0.6) is 0 Å². The van der Waals surface area contributed by atoms with E-state index < -0.39 is 28.7 Å². The van der Waals surface area contributed by atoms with Crippen LogP contribution in [0.3, 0.4) is 0 Å². The van der Waals surface area contributed by atoms with Crippen molar-refractivity contribution in [3.8, 4) is 0 Å². The van der Waals surface area contributed by atoms with Gasteiger partial charge in [-0.3, -0.25) is 24.6 Å². The molecule has 1 unspecified atom stereocenters. The largest absolute Gasteiger partial charge is 1.00 e. The molecule has 2 rings (SSSR count). The smallest absolute Gasteiger partial charge is 0.548 e.